The summed E-state index contributed by atoms with van der Waals surface area (Å²) in [7, 11) is 0. The van der Waals surface area contributed by atoms with E-state index in [-0.39, 0.29) is 6.42 Å². The van der Waals surface area contributed by atoms with Gasteiger partial charge in [0.1, 0.15) is 11.4 Å². The minimum atomic E-state index is -1.05. The molecule has 1 aliphatic heterocycles. The van der Waals surface area contributed by atoms with Crippen molar-refractivity contribution in [3.63, 3.8) is 0 Å². The van der Waals surface area contributed by atoms with Crippen LogP contribution in [0.3, 0.4) is 0 Å². The second-order valence-electron chi connectivity index (χ2n) is 7.81. The monoisotopic (exact) mass is 373 g/mol. The molecular formula is C21H27NO5. The van der Waals surface area contributed by atoms with Gasteiger partial charge in [-0.15, -0.1) is 0 Å². The van der Waals surface area contributed by atoms with Crippen molar-refractivity contribution in [1.29, 1.82) is 0 Å². The lowest BCUT2D eigenvalue weighted by Crippen LogP contribution is -2.37. The van der Waals surface area contributed by atoms with Gasteiger partial charge in [-0.05, 0) is 38.0 Å². The van der Waals surface area contributed by atoms with Crippen LogP contribution in [0.1, 0.15) is 58.2 Å². The fourth-order valence-corrected chi connectivity index (χ4v) is 2.68. The topological polar surface area (TPSA) is 73.9 Å². The highest BCUT2D eigenvalue weighted by atomic mass is 16.7. The van der Waals surface area contributed by atoms with E-state index >= 15 is 0 Å². The zero-order chi connectivity index (χ0) is 20.2. The number of hydrogen-bond donors (Lipinski definition) is 1. The third-order valence-electron chi connectivity index (χ3n) is 3.65. The summed E-state index contributed by atoms with van der Waals surface area (Å²) in [6, 6.07) is 7.15. The van der Waals surface area contributed by atoms with Crippen molar-refractivity contribution >= 4 is 18.1 Å². The van der Waals surface area contributed by atoms with Crippen LogP contribution in [0.2, 0.25) is 0 Å². The van der Waals surface area contributed by atoms with Crippen LogP contribution in [0.15, 0.2) is 42.7 Å². The first-order chi connectivity index (χ1) is 12.5. The van der Waals surface area contributed by atoms with E-state index in [1.54, 1.807) is 40.7 Å². The molecule has 0 fully saturated rings. The van der Waals surface area contributed by atoms with E-state index in [0.29, 0.717) is 5.76 Å². The standard InChI is InChI=1S/C21H27NO5/c1-7-14-9-8-10-15(11-14)17(22-19(24)27-20(2,3)4)12-16-13-18(23)26-21(5,6)25-16/h7-11,13,17H,1,12H2,2-6H3,(H,22,24)/t17-/m1/s1. The van der Waals surface area contributed by atoms with Crippen molar-refractivity contribution in [1.82, 2.24) is 5.32 Å². The number of amides is 1. The third kappa shape index (κ3) is 6.47. The number of hydrogen-bond acceptors (Lipinski definition) is 5. The van der Waals surface area contributed by atoms with Crippen LogP contribution in [-0.2, 0) is 19.0 Å². The molecule has 27 heavy (non-hydrogen) atoms. The number of esters is 1. The Bertz CT molecular complexity index is 758. The highest BCUT2D eigenvalue weighted by Gasteiger charge is 2.32. The molecule has 0 aliphatic carbocycles. The van der Waals surface area contributed by atoms with Gasteiger partial charge in [0.25, 0.3) is 0 Å². The number of ether oxygens (including phenoxy) is 3. The number of cyclic esters (lactones) is 1. The Morgan fingerprint density at radius 1 is 1.33 bits per heavy atom. The number of carbonyl (C=O) groups excluding carboxylic acids is 2. The van der Waals surface area contributed by atoms with Crippen LogP contribution in [0, 0.1) is 0 Å². The molecule has 1 atom stereocenters. The van der Waals surface area contributed by atoms with Gasteiger partial charge in [0.2, 0.25) is 5.79 Å². The van der Waals surface area contributed by atoms with Crippen molar-refractivity contribution in [3.8, 4) is 0 Å². The van der Waals surface area contributed by atoms with Gasteiger partial charge in [-0.25, -0.2) is 9.59 Å². The van der Waals surface area contributed by atoms with E-state index in [1.807, 2.05) is 24.3 Å². The Labute approximate surface area is 160 Å². The van der Waals surface area contributed by atoms with Crippen LogP contribution < -0.4 is 5.32 Å². The predicted octanol–water partition coefficient (Wildman–Crippen LogP) is 4.48. The molecular weight excluding hydrogens is 346 g/mol. The summed E-state index contributed by atoms with van der Waals surface area (Å²) < 4.78 is 16.2. The Hall–Kier alpha value is -2.76. The number of carbonyl (C=O) groups is 2. The predicted molar refractivity (Wildman–Crippen MR) is 103 cm³/mol. The van der Waals surface area contributed by atoms with Gasteiger partial charge in [0.05, 0.1) is 12.1 Å². The molecule has 0 bridgehead atoms. The minimum absolute atomic E-state index is 0.276. The minimum Gasteiger partial charge on any atom is -0.457 e. The first-order valence-electron chi connectivity index (χ1n) is 8.82. The summed E-state index contributed by atoms with van der Waals surface area (Å²) in [5, 5.41) is 2.86. The maximum absolute atomic E-state index is 12.3. The van der Waals surface area contributed by atoms with E-state index in [9.17, 15) is 9.59 Å². The molecule has 2 rings (SSSR count). The van der Waals surface area contributed by atoms with Gasteiger partial charge in [0, 0.05) is 20.3 Å². The molecule has 0 saturated carbocycles. The van der Waals surface area contributed by atoms with Gasteiger partial charge in [-0.1, -0.05) is 30.9 Å². The zero-order valence-electron chi connectivity index (χ0n) is 16.5. The van der Waals surface area contributed by atoms with Crippen molar-refractivity contribution in [2.24, 2.45) is 0 Å². The molecule has 0 aromatic heterocycles. The maximum Gasteiger partial charge on any atom is 0.408 e. The summed E-state index contributed by atoms with van der Waals surface area (Å²) >= 11 is 0. The van der Waals surface area contributed by atoms with Gasteiger partial charge < -0.3 is 19.5 Å². The third-order valence-corrected chi connectivity index (χ3v) is 3.65. The molecule has 1 heterocycles. The first kappa shape index (κ1) is 20.6. The average Bonchev–Trinajstić information content (AvgIpc) is 2.50. The molecule has 146 valence electrons. The van der Waals surface area contributed by atoms with E-state index < -0.39 is 29.5 Å². The molecule has 1 aliphatic rings. The fourth-order valence-electron chi connectivity index (χ4n) is 2.68. The summed E-state index contributed by atoms with van der Waals surface area (Å²) in [4.78, 5) is 24.1. The Morgan fingerprint density at radius 2 is 2.04 bits per heavy atom. The number of nitrogens with one attached hydrogen (secondary N) is 1. The van der Waals surface area contributed by atoms with Gasteiger partial charge in [-0.3, -0.25) is 0 Å². The molecule has 0 radical (unpaired) electrons. The Morgan fingerprint density at radius 3 is 2.63 bits per heavy atom. The molecule has 0 saturated heterocycles. The summed E-state index contributed by atoms with van der Waals surface area (Å²) in [5.74, 6) is -1.10. The average molecular weight is 373 g/mol. The van der Waals surface area contributed by atoms with Crippen LogP contribution >= 0.6 is 0 Å². The molecule has 1 aromatic carbocycles. The lowest BCUT2D eigenvalue weighted by Gasteiger charge is -2.32. The summed E-state index contributed by atoms with van der Waals surface area (Å²) in [6.07, 6.45) is 2.75. The smallest absolute Gasteiger partial charge is 0.408 e. The molecule has 1 amide bonds. The highest BCUT2D eigenvalue weighted by molar-refractivity contribution is 5.83. The second-order valence-corrected chi connectivity index (χ2v) is 7.81. The molecule has 6 nitrogen and oxygen atoms in total. The first-order valence-corrected chi connectivity index (χ1v) is 8.82. The van der Waals surface area contributed by atoms with Gasteiger partial charge in [0.15, 0.2) is 0 Å². The van der Waals surface area contributed by atoms with Crippen molar-refractivity contribution < 1.29 is 23.8 Å². The van der Waals surface area contributed by atoms with Crippen LogP contribution in [0.5, 0.6) is 0 Å². The van der Waals surface area contributed by atoms with E-state index in [0.717, 1.165) is 11.1 Å². The van der Waals surface area contributed by atoms with E-state index in [2.05, 4.69) is 11.9 Å². The largest absolute Gasteiger partial charge is 0.457 e. The molecule has 1 aromatic rings. The van der Waals surface area contributed by atoms with E-state index in [4.69, 9.17) is 14.2 Å². The van der Waals surface area contributed by atoms with Crippen LogP contribution in [-0.4, -0.2) is 23.5 Å². The maximum atomic E-state index is 12.3. The molecule has 6 heteroatoms. The van der Waals surface area contributed by atoms with Crippen molar-refractivity contribution in [2.75, 3.05) is 0 Å². The number of alkyl carbamates (subject to hydrolysis) is 1. The van der Waals surface area contributed by atoms with Crippen LogP contribution in [0.25, 0.3) is 6.08 Å². The lowest BCUT2D eigenvalue weighted by molar-refractivity contribution is -0.206. The Kier molecular flexibility index (Phi) is 5.98. The highest BCUT2D eigenvalue weighted by Crippen LogP contribution is 2.30. The van der Waals surface area contributed by atoms with Gasteiger partial charge in [-0.2, -0.15) is 0 Å². The summed E-state index contributed by atoms with van der Waals surface area (Å²) in [6.45, 7) is 12.5. The Balaban J connectivity index is 2.27. The quantitative estimate of drug-likeness (QED) is 0.771. The summed E-state index contributed by atoms with van der Waals surface area (Å²) in [5.41, 5.74) is 1.14. The molecule has 1 N–H and O–H groups in total. The van der Waals surface area contributed by atoms with Crippen molar-refractivity contribution in [3.05, 3.63) is 53.8 Å². The second kappa shape index (κ2) is 7.86. The number of rotatable bonds is 5. The molecule has 0 spiro atoms. The zero-order valence-corrected chi connectivity index (χ0v) is 16.5. The van der Waals surface area contributed by atoms with Crippen LogP contribution in [0.4, 0.5) is 4.79 Å². The lowest BCUT2D eigenvalue weighted by atomic mass is 10.00. The number of benzene rings is 1. The van der Waals surface area contributed by atoms with Gasteiger partial charge >= 0.3 is 12.1 Å². The van der Waals surface area contributed by atoms with Crippen molar-refractivity contribution in [2.45, 2.75) is 58.5 Å². The normalized spacial score (nSPS) is 17.1. The fraction of sp³-hybridized carbons (Fsp3) is 0.429. The van der Waals surface area contributed by atoms with E-state index in [1.165, 1.54) is 6.08 Å². The SMILES string of the molecule is C=Cc1cccc([C@@H](CC2=CC(=O)OC(C)(C)O2)NC(=O)OC(C)(C)C)c1. The molecule has 0 unspecified atom stereocenters.